The average Bonchev–Trinajstić information content (AvgIpc) is 3.94. The lowest BCUT2D eigenvalue weighted by Gasteiger charge is -2.20. The molecule has 2 saturated heterocycles. The molecule has 6 heterocycles. The minimum Gasteiger partial charge on any atom is -0.397 e. The van der Waals surface area contributed by atoms with E-state index in [0.717, 1.165) is 0 Å². The highest BCUT2D eigenvalue weighted by atomic mass is 31.2. The molecule has 0 saturated carbocycles. The number of aliphatic hydroxyl groups is 6. The van der Waals surface area contributed by atoms with Gasteiger partial charge >= 0.3 is 15.6 Å². The molecule has 300 valence electrons. The van der Waals surface area contributed by atoms with Gasteiger partial charge in [-0.1, -0.05) is 0 Å². The van der Waals surface area contributed by atoms with E-state index in [4.69, 9.17) is 50.4 Å². The number of pyridine rings is 1. The SMILES string of the molecule is Nc1ccnc2c1ncn2[C@H]1C[C@@H](O)[C@@H](COP(=O)(O)OC(CO)CO)O1.Nc1ncnc2c1ncn2[C@H]1C[C@@H](O)[C@@H](COP(=O)(O)OCC(O)CO)O1. The molecule has 9 atom stereocenters. The summed E-state index contributed by atoms with van der Waals surface area (Å²) in [5.41, 5.74) is 13.8. The molecule has 0 radical (unpaired) electrons. The summed E-state index contributed by atoms with van der Waals surface area (Å²) in [5, 5.41) is 55.9. The Hall–Kier alpha value is -3.33. The Kier molecular flexibility index (Phi) is 14.0. The highest BCUT2D eigenvalue weighted by Gasteiger charge is 2.39. The fourth-order valence-electron chi connectivity index (χ4n) is 5.27. The minimum absolute atomic E-state index is 0.170. The van der Waals surface area contributed by atoms with Crippen molar-refractivity contribution in [1.82, 2.24) is 34.1 Å². The van der Waals surface area contributed by atoms with Gasteiger partial charge in [-0.05, 0) is 6.07 Å². The molecular weight excluding hydrogens is 768 g/mol. The van der Waals surface area contributed by atoms with Crippen molar-refractivity contribution in [2.75, 3.05) is 51.1 Å². The number of nitrogens with zero attached hydrogens (tertiary/aromatic N) is 7. The number of nitrogen functional groups attached to an aromatic ring is 2. The molecule has 2 aliphatic rings. The van der Waals surface area contributed by atoms with E-state index in [1.54, 1.807) is 15.2 Å². The Balaban J connectivity index is 0.000000208. The van der Waals surface area contributed by atoms with E-state index in [9.17, 15) is 29.1 Å². The predicted molar refractivity (Wildman–Crippen MR) is 180 cm³/mol. The minimum atomic E-state index is -4.55. The Morgan fingerprint density at radius 1 is 0.796 bits per heavy atom. The number of imidazole rings is 2. The number of hydrogen-bond acceptors (Lipinski definition) is 21. The smallest absolute Gasteiger partial charge is 0.397 e. The Morgan fingerprint density at radius 3 is 1.93 bits per heavy atom. The lowest BCUT2D eigenvalue weighted by atomic mass is 10.2. The summed E-state index contributed by atoms with van der Waals surface area (Å²) in [6.07, 6.45) is -1.47. The van der Waals surface area contributed by atoms with Crippen LogP contribution in [-0.4, -0.2) is 151 Å². The summed E-state index contributed by atoms with van der Waals surface area (Å²) in [6, 6.07) is 1.62. The van der Waals surface area contributed by atoms with E-state index in [-0.39, 0.29) is 18.7 Å². The van der Waals surface area contributed by atoms with Crippen molar-refractivity contribution in [1.29, 1.82) is 0 Å². The van der Waals surface area contributed by atoms with Crippen LogP contribution in [0.5, 0.6) is 0 Å². The molecule has 0 bridgehead atoms. The van der Waals surface area contributed by atoms with Crippen molar-refractivity contribution < 1.29 is 77.1 Å². The zero-order valence-corrected chi connectivity index (χ0v) is 30.0. The van der Waals surface area contributed by atoms with E-state index in [0.29, 0.717) is 28.0 Å². The third-order valence-corrected chi connectivity index (χ3v) is 10.0. The first kappa shape index (κ1) is 41.8. The van der Waals surface area contributed by atoms with Gasteiger partial charge in [-0.15, -0.1) is 0 Å². The van der Waals surface area contributed by atoms with Crippen LogP contribution in [0.3, 0.4) is 0 Å². The zero-order chi connectivity index (χ0) is 39.2. The summed E-state index contributed by atoms with van der Waals surface area (Å²) in [6.45, 7) is -3.37. The predicted octanol–water partition coefficient (Wildman–Crippen LogP) is -2.31. The van der Waals surface area contributed by atoms with Gasteiger partial charge in [-0.2, -0.15) is 0 Å². The van der Waals surface area contributed by atoms with Crippen molar-refractivity contribution in [3.05, 3.63) is 31.2 Å². The van der Waals surface area contributed by atoms with Gasteiger partial charge in [-0.25, -0.2) is 34.0 Å². The van der Waals surface area contributed by atoms with Crippen LogP contribution in [0.2, 0.25) is 0 Å². The van der Waals surface area contributed by atoms with E-state index in [1.165, 1.54) is 25.2 Å². The fourth-order valence-corrected chi connectivity index (χ4v) is 6.94. The molecule has 2 aliphatic heterocycles. The maximum Gasteiger partial charge on any atom is 0.472 e. The number of nitrogens with two attached hydrogens (primary N) is 2. The van der Waals surface area contributed by atoms with Gasteiger partial charge in [0, 0.05) is 19.0 Å². The molecule has 3 unspecified atom stereocenters. The average molecular weight is 810 g/mol. The van der Waals surface area contributed by atoms with Crippen molar-refractivity contribution in [2.45, 2.75) is 61.9 Å². The molecule has 2 fully saturated rings. The lowest BCUT2D eigenvalue weighted by molar-refractivity contribution is -0.0482. The number of anilines is 2. The van der Waals surface area contributed by atoms with Crippen molar-refractivity contribution in [3.63, 3.8) is 0 Å². The number of fused-ring (bicyclic) bond motifs is 2. The molecule has 12 N–H and O–H groups in total. The second-order valence-corrected chi connectivity index (χ2v) is 14.8. The number of aliphatic hydroxyl groups excluding tert-OH is 6. The molecule has 6 rings (SSSR count). The summed E-state index contributed by atoms with van der Waals surface area (Å²) in [5.74, 6) is 0.209. The number of ether oxygens (including phenoxy) is 2. The third-order valence-electron chi connectivity index (χ3n) is 8.04. The molecule has 54 heavy (non-hydrogen) atoms. The quantitative estimate of drug-likeness (QED) is 0.0532. The van der Waals surface area contributed by atoms with Crippen LogP contribution in [0.15, 0.2) is 31.2 Å². The van der Waals surface area contributed by atoms with Gasteiger partial charge in [-0.3, -0.25) is 27.2 Å². The summed E-state index contributed by atoms with van der Waals surface area (Å²) < 4.78 is 56.9. The van der Waals surface area contributed by atoms with Gasteiger partial charge in [0.25, 0.3) is 0 Å². The fraction of sp³-hybridized carbons (Fsp3) is 0.593. The van der Waals surface area contributed by atoms with Gasteiger partial charge in [0.1, 0.15) is 54.2 Å². The van der Waals surface area contributed by atoms with E-state index in [1.807, 2.05) is 0 Å². The van der Waals surface area contributed by atoms with Crippen LogP contribution in [0, 0.1) is 0 Å². The number of aromatic nitrogens is 7. The molecule has 0 aromatic carbocycles. The second-order valence-electron chi connectivity index (χ2n) is 11.9. The lowest BCUT2D eigenvalue weighted by Crippen LogP contribution is -2.27. The van der Waals surface area contributed by atoms with E-state index >= 15 is 0 Å². The molecule has 27 heteroatoms. The molecule has 0 aliphatic carbocycles. The normalized spacial score (nSPS) is 25.8. The van der Waals surface area contributed by atoms with Crippen molar-refractivity contribution in [3.8, 4) is 0 Å². The van der Waals surface area contributed by atoms with Crippen LogP contribution in [0.4, 0.5) is 11.5 Å². The van der Waals surface area contributed by atoms with Crippen LogP contribution in [-0.2, 0) is 36.7 Å². The first-order valence-electron chi connectivity index (χ1n) is 16.1. The zero-order valence-electron chi connectivity index (χ0n) is 28.2. The van der Waals surface area contributed by atoms with Crippen LogP contribution >= 0.6 is 15.6 Å². The maximum atomic E-state index is 11.8. The highest BCUT2D eigenvalue weighted by molar-refractivity contribution is 7.47. The molecule has 4 aromatic rings. The Morgan fingerprint density at radius 2 is 1.35 bits per heavy atom. The highest BCUT2D eigenvalue weighted by Crippen LogP contribution is 2.46. The van der Waals surface area contributed by atoms with Gasteiger partial charge in [0.05, 0.1) is 70.2 Å². The maximum absolute atomic E-state index is 11.8. The number of rotatable bonds is 16. The van der Waals surface area contributed by atoms with Crippen molar-refractivity contribution in [2.24, 2.45) is 0 Å². The molecule has 25 nitrogen and oxygen atoms in total. The topological polar surface area (TPSA) is 378 Å². The third kappa shape index (κ3) is 10.3. The van der Waals surface area contributed by atoms with Crippen LogP contribution in [0.1, 0.15) is 25.3 Å². The van der Waals surface area contributed by atoms with Gasteiger partial charge in [0.15, 0.2) is 17.1 Å². The molecule has 0 spiro atoms. The molecule has 0 amide bonds. The molecular formula is C27H41N9O16P2. The monoisotopic (exact) mass is 809 g/mol. The standard InChI is InChI=1S/C14H21N4O8P.C13H20N5O8P/c15-9-1-2-16-14-13(9)17-7-18(14)12-3-10(21)11(25-12)6-24-27(22,23)26-8(4-19)5-20;14-12-11-13(16-5-15-12)18(6-17-11)10-1-8(21)9(26-10)4-25-27(22,23)24-3-7(20)2-19/h1-2,7-8,10-12,19-21H,3-6H2,(H2,15,16)(H,22,23);5-10,19-21H,1-4H2,(H,22,23)(H2,14,15,16)/t10-,11-,12-;7?,8-,9-,10-/m11/s1. The summed E-state index contributed by atoms with van der Waals surface area (Å²) in [7, 11) is -9.03. The number of hydrogen-bond donors (Lipinski definition) is 10. The van der Waals surface area contributed by atoms with E-state index < -0.39 is 104 Å². The first-order valence-corrected chi connectivity index (χ1v) is 19.1. The van der Waals surface area contributed by atoms with E-state index in [2.05, 4.69) is 34.0 Å². The molecule has 4 aromatic heterocycles. The first-order chi connectivity index (χ1) is 25.6. The Labute approximate surface area is 304 Å². The van der Waals surface area contributed by atoms with Gasteiger partial charge < -0.3 is 61.4 Å². The van der Waals surface area contributed by atoms with Crippen LogP contribution < -0.4 is 11.5 Å². The van der Waals surface area contributed by atoms with Crippen molar-refractivity contribution >= 4 is 49.5 Å². The number of phosphoric ester groups is 2. The largest absolute Gasteiger partial charge is 0.472 e. The van der Waals surface area contributed by atoms with Gasteiger partial charge in [0.2, 0.25) is 0 Å². The van der Waals surface area contributed by atoms with Crippen LogP contribution in [0.25, 0.3) is 22.3 Å². The second kappa shape index (κ2) is 18.1. The summed E-state index contributed by atoms with van der Waals surface area (Å²) >= 11 is 0. The summed E-state index contributed by atoms with van der Waals surface area (Å²) in [4.78, 5) is 39.6. The number of phosphoric acid groups is 2. The Bertz CT molecular complexity index is 1930.